The van der Waals surface area contributed by atoms with E-state index in [1.54, 1.807) is 38.0 Å². The van der Waals surface area contributed by atoms with Crippen molar-refractivity contribution in [3.63, 3.8) is 0 Å². The Hall–Kier alpha value is -3.00. The van der Waals surface area contributed by atoms with Crippen LogP contribution in [0.15, 0.2) is 53.6 Å². The van der Waals surface area contributed by atoms with Crippen molar-refractivity contribution in [1.29, 1.82) is 0 Å². The Balaban J connectivity index is 1.48. The van der Waals surface area contributed by atoms with Crippen molar-refractivity contribution >= 4 is 22.5 Å². The number of fused-ring (bicyclic) bond motifs is 1. The van der Waals surface area contributed by atoms with Crippen molar-refractivity contribution in [2.24, 2.45) is 13.0 Å². The summed E-state index contributed by atoms with van der Waals surface area (Å²) in [6.07, 6.45) is 6.94. The summed E-state index contributed by atoms with van der Waals surface area (Å²) in [6.45, 7) is 6.10. The van der Waals surface area contributed by atoms with E-state index in [1.165, 1.54) is 24.9 Å². The third-order valence-electron chi connectivity index (χ3n) is 7.37. The summed E-state index contributed by atoms with van der Waals surface area (Å²) in [6, 6.07) is 12.1. The van der Waals surface area contributed by atoms with E-state index in [9.17, 15) is 9.90 Å². The number of aliphatic hydroxyl groups is 1. The van der Waals surface area contributed by atoms with E-state index in [1.807, 2.05) is 28.9 Å². The summed E-state index contributed by atoms with van der Waals surface area (Å²) < 4.78 is 3.63. The van der Waals surface area contributed by atoms with Crippen LogP contribution in [0.4, 0.5) is 0 Å². The third-order valence-corrected chi connectivity index (χ3v) is 7.74. The van der Waals surface area contributed by atoms with Gasteiger partial charge in [0.15, 0.2) is 5.82 Å². The molecule has 0 radical (unpaired) electrons. The minimum atomic E-state index is -1.11. The summed E-state index contributed by atoms with van der Waals surface area (Å²) in [5, 5.41) is 11.5. The van der Waals surface area contributed by atoms with Crippen LogP contribution in [0.1, 0.15) is 43.6 Å². The lowest BCUT2D eigenvalue weighted by molar-refractivity contribution is 0.0687. The van der Waals surface area contributed by atoms with Crippen LogP contribution in [-0.4, -0.2) is 49.5 Å². The standard InChI is InChI=1S/C29H34ClN5O2/c1-29(2,37)28-31-15-23(16-32-28)21-8-9-24-26(14-21)35(34(4)27(24)36)18-22-13-19(7-10-25(22)30)12-20-6-5-11-33(3)17-20/h7-10,13-16,20,37H,5-6,11-12,17-18H2,1-4H3. The molecule has 1 N–H and O–H groups in total. The molecule has 37 heavy (non-hydrogen) atoms. The number of aromatic nitrogens is 4. The second-order valence-electron chi connectivity index (χ2n) is 10.9. The van der Waals surface area contributed by atoms with Gasteiger partial charge in [-0.25, -0.2) is 9.97 Å². The van der Waals surface area contributed by atoms with E-state index in [2.05, 4.69) is 34.0 Å². The van der Waals surface area contributed by atoms with E-state index in [-0.39, 0.29) is 5.56 Å². The van der Waals surface area contributed by atoms with E-state index in [0.29, 0.717) is 28.7 Å². The SMILES string of the molecule is CN1CCCC(Cc2ccc(Cl)c(Cn3c4cc(-c5cnc(C(C)(C)O)nc5)ccc4c(=O)n3C)c2)C1. The molecule has 1 atom stereocenters. The smallest absolute Gasteiger partial charge is 0.274 e. The lowest BCUT2D eigenvalue weighted by Crippen LogP contribution is -2.33. The van der Waals surface area contributed by atoms with Crippen LogP contribution in [0.2, 0.25) is 5.02 Å². The highest BCUT2D eigenvalue weighted by Crippen LogP contribution is 2.27. The lowest BCUT2D eigenvalue weighted by atomic mass is 9.91. The highest BCUT2D eigenvalue weighted by Gasteiger charge is 2.20. The van der Waals surface area contributed by atoms with Crippen molar-refractivity contribution in [2.45, 2.75) is 45.3 Å². The average Bonchev–Trinajstić information content (AvgIpc) is 3.10. The molecular weight excluding hydrogens is 486 g/mol. The van der Waals surface area contributed by atoms with Gasteiger partial charge >= 0.3 is 0 Å². The maximum absolute atomic E-state index is 13.0. The van der Waals surface area contributed by atoms with E-state index >= 15 is 0 Å². The number of benzene rings is 2. The van der Waals surface area contributed by atoms with Gasteiger partial charge in [0.2, 0.25) is 0 Å². The first-order chi connectivity index (χ1) is 17.6. The topological polar surface area (TPSA) is 76.2 Å². The molecule has 1 aliphatic heterocycles. The Morgan fingerprint density at radius 3 is 2.54 bits per heavy atom. The molecule has 1 saturated heterocycles. The van der Waals surface area contributed by atoms with Crippen LogP contribution in [0, 0.1) is 5.92 Å². The average molecular weight is 520 g/mol. The number of piperidine rings is 1. The van der Waals surface area contributed by atoms with E-state index < -0.39 is 5.60 Å². The predicted molar refractivity (Wildman–Crippen MR) is 148 cm³/mol. The molecule has 2 aromatic carbocycles. The highest BCUT2D eigenvalue weighted by molar-refractivity contribution is 6.31. The molecular formula is C29H34ClN5O2. The van der Waals surface area contributed by atoms with Crippen molar-refractivity contribution in [3.05, 3.63) is 81.1 Å². The minimum Gasteiger partial charge on any atom is -0.382 e. The van der Waals surface area contributed by atoms with Crippen molar-refractivity contribution in [3.8, 4) is 11.1 Å². The first-order valence-electron chi connectivity index (χ1n) is 12.8. The van der Waals surface area contributed by atoms with Gasteiger partial charge in [-0.1, -0.05) is 29.8 Å². The maximum Gasteiger partial charge on any atom is 0.274 e. The molecule has 0 amide bonds. The first-order valence-corrected chi connectivity index (χ1v) is 13.2. The third kappa shape index (κ3) is 5.35. The predicted octanol–water partition coefficient (Wildman–Crippen LogP) is 4.61. The lowest BCUT2D eigenvalue weighted by Gasteiger charge is -2.29. The zero-order chi connectivity index (χ0) is 26.3. The maximum atomic E-state index is 13.0. The fourth-order valence-corrected chi connectivity index (χ4v) is 5.52. The second-order valence-corrected chi connectivity index (χ2v) is 11.3. The van der Waals surface area contributed by atoms with E-state index in [0.717, 1.165) is 35.2 Å². The molecule has 0 bridgehead atoms. The van der Waals surface area contributed by atoms with Gasteiger partial charge in [0.25, 0.3) is 5.56 Å². The van der Waals surface area contributed by atoms with Gasteiger partial charge in [0.05, 0.1) is 17.4 Å². The molecule has 2 aromatic heterocycles. The number of nitrogens with zero attached hydrogens (tertiary/aromatic N) is 5. The van der Waals surface area contributed by atoms with Gasteiger partial charge in [0.1, 0.15) is 5.60 Å². The van der Waals surface area contributed by atoms with Gasteiger partial charge in [-0.3, -0.25) is 14.2 Å². The van der Waals surface area contributed by atoms with Crippen LogP contribution in [0.25, 0.3) is 22.0 Å². The van der Waals surface area contributed by atoms with Gasteiger partial charge < -0.3 is 10.0 Å². The fraction of sp³-hybridized carbons (Fsp3) is 0.414. The molecule has 1 unspecified atom stereocenters. The van der Waals surface area contributed by atoms with Crippen molar-refractivity contribution in [2.75, 3.05) is 20.1 Å². The Labute approximate surface area is 222 Å². The summed E-state index contributed by atoms with van der Waals surface area (Å²) in [5.41, 5.74) is 3.67. The molecule has 0 spiro atoms. The van der Waals surface area contributed by atoms with Gasteiger partial charge in [0, 0.05) is 36.6 Å². The minimum absolute atomic E-state index is 0.0484. The van der Waals surface area contributed by atoms with Crippen LogP contribution in [0.5, 0.6) is 0 Å². The normalized spacial score (nSPS) is 17.0. The van der Waals surface area contributed by atoms with E-state index in [4.69, 9.17) is 11.6 Å². The molecule has 5 rings (SSSR count). The van der Waals surface area contributed by atoms with Crippen LogP contribution in [-0.2, 0) is 25.6 Å². The molecule has 4 aromatic rings. The number of halogens is 1. The van der Waals surface area contributed by atoms with Crippen molar-refractivity contribution < 1.29 is 5.11 Å². The Morgan fingerprint density at radius 1 is 1.08 bits per heavy atom. The molecule has 1 aliphatic rings. The van der Waals surface area contributed by atoms with Crippen molar-refractivity contribution in [1.82, 2.24) is 24.2 Å². The first kappa shape index (κ1) is 25.6. The van der Waals surface area contributed by atoms with Gasteiger partial charge in [-0.2, -0.15) is 0 Å². The Kier molecular flexibility index (Phi) is 6.96. The molecule has 3 heterocycles. The highest BCUT2D eigenvalue weighted by atomic mass is 35.5. The van der Waals surface area contributed by atoms with Crippen LogP contribution in [0.3, 0.4) is 0 Å². The zero-order valence-electron chi connectivity index (χ0n) is 21.9. The summed E-state index contributed by atoms with van der Waals surface area (Å²) >= 11 is 6.66. The van der Waals surface area contributed by atoms with Crippen LogP contribution < -0.4 is 5.56 Å². The molecule has 1 fully saturated rings. The summed E-state index contributed by atoms with van der Waals surface area (Å²) in [4.78, 5) is 24.1. The number of hydrogen-bond donors (Lipinski definition) is 1. The summed E-state index contributed by atoms with van der Waals surface area (Å²) in [5.74, 6) is 1.01. The number of likely N-dealkylation sites (tertiary alicyclic amines) is 1. The van der Waals surface area contributed by atoms with Gasteiger partial charge in [-0.05, 0) is 87.5 Å². The Morgan fingerprint density at radius 2 is 1.84 bits per heavy atom. The molecule has 7 nitrogen and oxygen atoms in total. The molecule has 8 heteroatoms. The zero-order valence-corrected chi connectivity index (χ0v) is 22.7. The monoisotopic (exact) mass is 519 g/mol. The van der Waals surface area contributed by atoms with Crippen LogP contribution >= 0.6 is 11.6 Å². The number of hydrogen-bond acceptors (Lipinski definition) is 5. The summed E-state index contributed by atoms with van der Waals surface area (Å²) in [7, 11) is 3.98. The van der Waals surface area contributed by atoms with Gasteiger partial charge in [-0.15, -0.1) is 0 Å². The number of rotatable bonds is 6. The molecule has 0 saturated carbocycles. The molecule has 0 aliphatic carbocycles. The fourth-order valence-electron chi connectivity index (χ4n) is 5.35. The molecule has 194 valence electrons. The second kappa shape index (κ2) is 10.0. The quantitative estimate of drug-likeness (QED) is 0.402. The Bertz CT molecular complexity index is 1480. The largest absolute Gasteiger partial charge is 0.382 e.